The average Bonchev–Trinajstić information content (AvgIpc) is 2.21. The van der Waals surface area contributed by atoms with E-state index < -0.39 is 0 Å². The van der Waals surface area contributed by atoms with Gasteiger partial charge in [0.15, 0.2) is 0 Å². The zero-order valence-electron chi connectivity index (χ0n) is 9.21. The molecule has 0 aliphatic heterocycles. The van der Waals surface area contributed by atoms with E-state index in [1.165, 1.54) is 32.1 Å². The van der Waals surface area contributed by atoms with E-state index in [4.69, 9.17) is 9.84 Å². The molecule has 2 nitrogen and oxygen atoms in total. The third-order valence-electron chi connectivity index (χ3n) is 2.18. The maximum atomic E-state index is 8.46. The fourth-order valence-electron chi connectivity index (χ4n) is 1.37. The Labute approximate surface area is 88.0 Å². The molecule has 0 unspecified atom stereocenters. The highest BCUT2D eigenvalue weighted by Gasteiger charge is 1.91. The second-order valence-corrected chi connectivity index (χ2v) is 3.53. The maximum absolute atomic E-state index is 8.46. The SMILES string of the molecule is C=CCCCCCCCCOCCO. The number of unbranched alkanes of at least 4 members (excludes halogenated alkanes) is 6. The normalized spacial score (nSPS) is 10.4. The first-order chi connectivity index (χ1) is 6.91. The van der Waals surface area contributed by atoms with Crippen molar-refractivity contribution in [2.24, 2.45) is 0 Å². The molecule has 14 heavy (non-hydrogen) atoms. The second kappa shape index (κ2) is 12.7. The van der Waals surface area contributed by atoms with Gasteiger partial charge in [-0.15, -0.1) is 6.58 Å². The zero-order valence-corrected chi connectivity index (χ0v) is 9.21. The van der Waals surface area contributed by atoms with Gasteiger partial charge in [-0.2, -0.15) is 0 Å². The predicted molar refractivity (Wildman–Crippen MR) is 60.4 cm³/mol. The molecule has 0 aromatic rings. The number of allylic oxidation sites excluding steroid dienone is 1. The lowest BCUT2D eigenvalue weighted by molar-refractivity contribution is 0.0895. The van der Waals surface area contributed by atoms with Crippen LogP contribution in [0.2, 0.25) is 0 Å². The zero-order chi connectivity index (χ0) is 10.5. The van der Waals surface area contributed by atoms with E-state index in [2.05, 4.69) is 6.58 Å². The molecule has 0 atom stereocenters. The van der Waals surface area contributed by atoms with Crippen molar-refractivity contribution in [1.29, 1.82) is 0 Å². The molecule has 0 aliphatic rings. The first-order valence-corrected chi connectivity index (χ1v) is 5.71. The summed E-state index contributed by atoms with van der Waals surface area (Å²) in [5, 5.41) is 8.46. The molecule has 2 heteroatoms. The summed E-state index contributed by atoms with van der Waals surface area (Å²) in [4.78, 5) is 0. The number of rotatable bonds is 11. The number of ether oxygens (including phenoxy) is 1. The minimum atomic E-state index is 0.140. The lowest BCUT2D eigenvalue weighted by Gasteiger charge is -2.02. The Morgan fingerprint density at radius 3 is 2.21 bits per heavy atom. The van der Waals surface area contributed by atoms with Crippen LogP contribution in [0.5, 0.6) is 0 Å². The fourth-order valence-corrected chi connectivity index (χ4v) is 1.37. The molecule has 0 spiro atoms. The standard InChI is InChI=1S/C12H24O2/c1-2-3-4-5-6-7-8-9-11-14-12-10-13/h2,13H,1,3-12H2. The highest BCUT2D eigenvalue weighted by Crippen LogP contribution is 2.07. The van der Waals surface area contributed by atoms with Crippen LogP contribution in [0.4, 0.5) is 0 Å². The Kier molecular flexibility index (Phi) is 12.4. The summed E-state index contributed by atoms with van der Waals surface area (Å²) in [6, 6.07) is 0. The molecule has 0 rings (SSSR count). The van der Waals surface area contributed by atoms with Gasteiger partial charge in [0, 0.05) is 6.61 Å². The Morgan fingerprint density at radius 1 is 0.929 bits per heavy atom. The van der Waals surface area contributed by atoms with Gasteiger partial charge in [0.25, 0.3) is 0 Å². The largest absolute Gasteiger partial charge is 0.394 e. The smallest absolute Gasteiger partial charge is 0.0697 e. The van der Waals surface area contributed by atoms with Crippen LogP contribution in [0.15, 0.2) is 12.7 Å². The van der Waals surface area contributed by atoms with Gasteiger partial charge < -0.3 is 9.84 Å². The van der Waals surface area contributed by atoms with Crippen molar-refractivity contribution in [3.05, 3.63) is 12.7 Å². The third kappa shape index (κ3) is 11.7. The second-order valence-electron chi connectivity index (χ2n) is 3.53. The first kappa shape index (κ1) is 13.7. The monoisotopic (exact) mass is 200 g/mol. The van der Waals surface area contributed by atoms with Gasteiger partial charge in [-0.1, -0.05) is 31.8 Å². The van der Waals surface area contributed by atoms with E-state index >= 15 is 0 Å². The minimum absolute atomic E-state index is 0.140. The van der Waals surface area contributed by atoms with Crippen molar-refractivity contribution in [2.75, 3.05) is 19.8 Å². The van der Waals surface area contributed by atoms with Gasteiger partial charge in [0.1, 0.15) is 0 Å². The van der Waals surface area contributed by atoms with Gasteiger partial charge in [-0.05, 0) is 19.3 Å². The molecule has 0 saturated carbocycles. The van der Waals surface area contributed by atoms with Crippen molar-refractivity contribution in [3.8, 4) is 0 Å². The molecule has 0 fully saturated rings. The minimum Gasteiger partial charge on any atom is -0.394 e. The quantitative estimate of drug-likeness (QED) is 0.410. The summed E-state index contributed by atoms with van der Waals surface area (Å²) in [7, 11) is 0. The van der Waals surface area contributed by atoms with Crippen LogP contribution in [0.3, 0.4) is 0 Å². The molecule has 1 N–H and O–H groups in total. The van der Waals surface area contributed by atoms with Gasteiger partial charge in [0.05, 0.1) is 13.2 Å². The lowest BCUT2D eigenvalue weighted by atomic mass is 10.1. The van der Waals surface area contributed by atoms with Crippen LogP contribution < -0.4 is 0 Å². The van der Waals surface area contributed by atoms with Crippen LogP contribution in [-0.2, 0) is 4.74 Å². The number of aliphatic hydroxyl groups excluding tert-OH is 1. The molecule has 0 aliphatic carbocycles. The van der Waals surface area contributed by atoms with E-state index in [-0.39, 0.29) is 6.61 Å². The molecule has 0 bridgehead atoms. The molecule has 0 aromatic heterocycles. The molecule has 84 valence electrons. The fraction of sp³-hybridized carbons (Fsp3) is 0.833. The molecule has 0 radical (unpaired) electrons. The van der Waals surface area contributed by atoms with E-state index in [0.29, 0.717) is 6.61 Å². The summed E-state index contributed by atoms with van der Waals surface area (Å²) < 4.78 is 5.16. The number of aliphatic hydroxyl groups is 1. The van der Waals surface area contributed by atoms with Crippen molar-refractivity contribution in [1.82, 2.24) is 0 Å². The molecular weight excluding hydrogens is 176 g/mol. The van der Waals surface area contributed by atoms with Gasteiger partial charge in [-0.3, -0.25) is 0 Å². The Bertz CT molecular complexity index is 113. The number of hydrogen-bond donors (Lipinski definition) is 1. The van der Waals surface area contributed by atoms with Gasteiger partial charge in [-0.25, -0.2) is 0 Å². The highest BCUT2D eigenvalue weighted by atomic mass is 16.5. The summed E-state index contributed by atoms with van der Waals surface area (Å²) in [6.45, 7) is 5.12. The Hall–Kier alpha value is -0.340. The van der Waals surface area contributed by atoms with Crippen molar-refractivity contribution in [3.63, 3.8) is 0 Å². The summed E-state index contributed by atoms with van der Waals surface area (Å²) in [5.74, 6) is 0. The molecule has 0 aromatic carbocycles. The van der Waals surface area contributed by atoms with Crippen LogP contribution in [0.1, 0.15) is 44.9 Å². The van der Waals surface area contributed by atoms with Crippen molar-refractivity contribution < 1.29 is 9.84 Å². The molecule has 0 heterocycles. The molecule has 0 saturated heterocycles. The highest BCUT2D eigenvalue weighted by molar-refractivity contribution is 4.65. The van der Waals surface area contributed by atoms with Crippen molar-refractivity contribution >= 4 is 0 Å². The van der Waals surface area contributed by atoms with Crippen molar-refractivity contribution in [2.45, 2.75) is 44.9 Å². The van der Waals surface area contributed by atoms with E-state index in [1.807, 2.05) is 6.08 Å². The summed E-state index contributed by atoms with van der Waals surface area (Å²) in [5.41, 5.74) is 0. The molecular formula is C12H24O2. The van der Waals surface area contributed by atoms with E-state index in [0.717, 1.165) is 19.4 Å². The molecule has 0 amide bonds. The lowest BCUT2D eigenvalue weighted by Crippen LogP contribution is -2.00. The van der Waals surface area contributed by atoms with Crippen LogP contribution in [0, 0.1) is 0 Å². The third-order valence-corrected chi connectivity index (χ3v) is 2.18. The summed E-state index contributed by atoms with van der Waals surface area (Å²) in [6.07, 6.45) is 10.8. The maximum Gasteiger partial charge on any atom is 0.0697 e. The Morgan fingerprint density at radius 2 is 1.57 bits per heavy atom. The van der Waals surface area contributed by atoms with Crippen LogP contribution in [-0.4, -0.2) is 24.9 Å². The average molecular weight is 200 g/mol. The van der Waals surface area contributed by atoms with E-state index in [1.54, 1.807) is 0 Å². The Balaban J connectivity index is 2.81. The predicted octanol–water partition coefficient (Wildman–Crippen LogP) is 2.91. The van der Waals surface area contributed by atoms with Gasteiger partial charge >= 0.3 is 0 Å². The van der Waals surface area contributed by atoms with Crippen LogP contribution >= 0.6 is 0 Å². The summed E-state index contributed by atoms with van der Waals surface area (Å²) >= 11 is 0. The van der Waals surface area contributed by atoms with Crippen LogP contribution in [0.25, 0.3) is 0 Å². The topological polar surface area (TPSA) is 29.5 Å². The number of hydrogen-bond acceptors (Lipinski definition) is 2. The first-order valence-electron chi connectivity index (χ1n) is 5.71. The van der Waals surface area contributed by atoms with Gasteiger partial charge in [0.2, 0.25) is 0 Å². The van der Waals surface area contributed by atoms with E-state index in [9.17, 15) is 0 Å².